The summed E-state index contributed by atoms with van der Waals surface area (Å²) in [5.41, 5.74) is 9.62. The lowest BCUT2D eigenvalue weighted by Crippen LogP contribution is -2.15. The molecule has 3 aromatic rings. The Kier molecular flexibility index (Phi) is 5.43. The van der Waals surface area contributed by atoms with Crippen LogP contribution in [0.5, 0.6) is 0 Å². The molecule has 0 atom stereocenters. The third kappa shape index (κ3) is 4.77. The molecule has 0 aliphatic rings. The topological polar surface area (TPSA) is 85.1 Å². The van der Waals surface area contributed by atoms with Gasteiger partial charge >= 0.3 is 0 Å². The van der Waals surface area contributed by atoms with Gasteiger partial charge in [0, 0.05) is 16.6 Å². The van der Waals surface area contributed by atoms with Crippen molar-refractivity contribution in [2.24, 2.45) is 5.73 Å². The van der Waals surface area contributed by atoms with Crippen molar-refractivity contribution in [3.63, 3.8) is 0 Å². The molecule has 0 saturated carbocycles. The van der Waals surface area contributed by atoms with E-state index in [0.29, 0.717) is 12.1 Å². The van der Waals surface area contributed by atoms with Crippen molar-refractivity contribution < 1.29 is 9.59 Å². The minimum absolute atomic E-state index is 0.0927. The van der Waals surface area contributed by atoms with Crippen LogP contribution in [-0.2, 0) is 22.4 Å². The Balaban J connectivity index is 1.58. The van der Waals surface area contributed by atoms with Crippen LogP contribution in [0, 0.1) is 6.92 Å². The minimum Gasteiger partial charge on any atom is -0.369 e. The third-order valence-electron chi connectivity index (χ3n) is 3.85. The lowest BCUT2D eigenvalue weighted by atomic mass is 10.1. The first-order valence-electron chi connectivity index (χ1n) is 8.18. The van der Waals surface area contributed by atoms with Crippen LogP contribution in [0.2, 0.25) is 0 Å². The Morgan fingerprint density at radius 1 is 1.00 bits per heavy atom. The first-order chi connectivity index (χ1) is 12.5. The van der Waals surface area contributed by atoms with Crippen LogP contribution in [-0.4, -0.2) is 16.8 Å². The molecule has 2 amide bonds. The molecular formula is C20H19N3O2S. The molecule has 0 aliphatic heterocycles. The molecule has 1 aromatic heterocycles. The van der Waals surface area contributed by atoms with Crippen LogP contribution in [0.15, 0.2) is 53.9 Å². The average Bonchev–Trinajstić information content (AvgIpc) is 3.03. The highest BCUT2D eigenvalue weighted by Gasteiger charge is 2.07. The molecular weight excluding hydrogens is 346 g/mol. The monoisotopic (exact) mass is 365 g/mol. The maximum absolute atomic E-state index is 12.2. The number of benzene rings is 2. The second-order valence-electron chi connectivity index (χ2n) is 6.01. The van der Waals surface area contributed by atoms with Gasteiger partial charge in [-0.15, -0.1) is 11.3 Å². The van der Waals surface area contributed by atoms with E-state index in [0.717, 1.165) is 27.4 Å². The molecule has 3 rings (SSSR count). The van der Waals surface area contributed by atoms with Crippen molar-refractivity contribution in [1.29, 1.82) is 0 Å². The van der Waals surface area contributed by atoms with Crippen LogP contribution in [0.4, 0.5) is 5.69 Å². The van der Waals surface area contributed by atoms with Gasteiger partial charge in [0.15, 0.2) is 0 Å². The number of hydrogen-bond acceptors (Lipinski definition) is 4. The Hall–Kier alpha value is -2.99. The van der Waals surface area contributed by atoms with Gasteiger partial charge in [0.25, 0.3) is 0 Å². The van der Waals surface area contributed by atoms with E-state index in [9.17, 15) is 9.59 Å². The molecule has 0 saturated heterocycles. The maximum Gasteiger partial charge on any atom is 0.228 e. The molecule has 0 aliphatic carbocycles. The molecule has 0 radical (unpaired) electrons. The number of carbonyl (C=O) groups excluding carboxylic acids is 2. The molecule has 3 N–H and O–H groups in total. The fraction of sp³-hybridized carbons (Fsp3) is 0.150. The van der Waals surface area contributed by atoms with Gasteiger partial charge in [-0.25, -0.2) is 4.98 Å². The number of nitrogens with zero attached hydrogens (tertiary/aromatic N) is 1. The lowest BCUT2D eigenvalue weighted by Gasteiger charge is -2.07. The first-order valence-corrected chi connectivity index (χ1v) is 9.06. The van der Waals surface area contributed by atoms with E-state index in [1.165, 1.54) is 0 Å². The van der Waals surface area contributed by atoms with Gasteiger partial charge in [-0.1, -0.05) is 36.4 Å². The highest BCUT2D eigenvalue weighted by atomic mass is 32.1. The summed E-state index contributed by atoms with van der Waals surface area (Å²) < 4.78 is 0. The minimum atomic E-state index is -0.377. The van der Waals surface area contributed by atoms with Crippen LogP contribution < -0.4 is 11.1 Å². The standard InChI is InChI=1S/C20H19N3O2S/c1-13-22-18(12-26-13)16-6-2-15(3-7-16)11-20(25)23-17-8-4-14(5-9-17)10-19(21)24/h2-9,12H,10-11H2,1H3,(H2,21,24)(H,23,25). The Morgan fingerprint density at radius 2 is 1.62 bits per heavy atom. The van der Waals surface area contributed by atoms with Gasteiger partial charge in [-0.3, -0.25) is 9.59 Å². The highest BCUT2D eigenvalue weighted by molar-refractivity contribution is 7.09. The van der Waals surface area contributed by atoms with E-state index < -0.39 is 0 Å². The zero-order valence-corrected chi connectivity index (χ0v) is 15.2. The maximum atomic E-state index is 12.2. The van der Waals surface area contributed by atoms with Crippen molar-refractivity contribution in [1.82, 2.24) is 4.98 Å². The Morgan fingerprint density at radius 3 is 2.19 bits per heavy atom. The summed E-state index contributed by atoms with van der Waals surface area (Å²) in [6.07, 6.45) is 0.485. The van der Waals surface area contributed by atoms with E-state index in [4.69, 9.17) is 5.73 Å². The molecule has 5 nitrogen and oxygen atoms in total. The molecule has 0 bridgehead atoms. The zero-order chi connectivity index (χ0) is 18.5. The number of carbonyl (C=O) groups is 2. The predicted molar refractivity (Wildman–Crippen MR) is 104 cm³/mol. The number of anilines is 1. The molecule has 132 valence electrons. The number of thiazole rings is 1. The van der Waals surface area contributed by atoms with E-state index in [2.05, 4.69) is 10.3 Å². The van der Waals surface area contributed by atoms with Crippen LogP contribution >= 0.6 is 11.3 Å². The largest absolute Gasteiger partial charge is 0.369 e. The fourth-order valence-corrected chi connectivity index (χ4v) is 3.21. The lowest BCUT2D eigenvalue weighted by molar-refractivity contribution is -0.117. The summed E-state index contributed by atoms with van der Waals surface area (Å²) in [6.45, 7) is 1.98. The first kappa shape index (κ1) is 17.8. The smallest absolute Gasteiger partial charge is 0.228 e. The predicted octanol–water partition coefficient (Wildman–Crippen LogP) is 3.33. The van der Waals surface area contributed by atoms with Crippen LogP contribution in [0.25, 0.3) is 11.3 Å². The summed E-state index contributed by atoms with van der Waals surface area (Å²) in [5.74, 6) is -0.469. The summed E-state index contributed by atoms with van der Waals surface area (Å²) >= 11 is 1.62. The second-order valence-corrected chi connectivity index (χ2v) is 7.08. The van der Waals surface area contributed by atoms with Gasteiger partial charge in [0.05, 0.1) is 23.5 Å². The quantitative estimate of drug-likeness (QED) is 0.703. The van der Waals surface area contributed by atoms with E-state index in [1.54, 1.807) is 35.6 Å². The summed E-state index contributed by atoms with van der Waals surface area (Å²) in [7, 11) is 0. The number of nitrogens with two attached hydrogens (primary N) is 1. The molecule has 0 spiro atoms. The zero-order valence-electron chi connectivity index (χ0n) is 14.4. The number of hydrogen-bond donors (Lipinski definition) is 2. The van der Waals surface area contributed by atoms with Crippen LogP contribution in [0.1, 0.15) is 16.1 Å². The number of aryl methyl sites for hydroxylation is 1. The van der Waals surface area contributed by atoms with Gasteiger partial charge in [0.2, 0.25) is 11.8 Å². The number of primary amides is 1. The molecule has 0 unspecified atom stereocenters. The average molecular weight is 365 g/mol. The van der Waals surface area contributed by atoms with Crippen molar-refractivity contribution in [2.45, 2.75) is 19.8 Å². The summed E-state index contributed by atoms with van der Waals surface area (Å²) in [4.78, 5) is 27.6. The summed E-state index contributed by atoms with van der Waals surface area (Å²) in [5, 5.41) is 5.91. The van der Waals surface area contributed by atoms with E-state index in [-0.39, 0.29) is 18.2 Å². The van der Waals surface area contributed by atoms with E-state index in [1.807, 2.05) is 36.6 Å². The normalized spacial score (nSPS) is 10.5. The fourth-order valence-electron chi connectivity index (χ4n) is 2.59. The van der Waals surface area contributed by atoms with Crippen molar-refractivity contribution in [2.75, 3.05) is 5.32 Å². The third-order valence-corrected chi connectivity index (χ3v) is 4.62. The molecule has 0 fully saturated rings. The highest BCUT2D eigenvalue weighted by Crippen LogP contribution is 2.22. The Bertz CT molecular complexity index is 915. The number of amides is 2. The van der Waals surface area contributed by atoms with Gasteiger partial charge in [-0.2, -0.15) is 0 Å². The SMILES string of the molecule is Cc1nc(-c2ccc(CC(=O)Nc3ccc(CC(N)=O)cc3)cc2)cs1. The number of nitrogens with one attached hydrogen (secondary N) is 1. The Labute approximate surface area is 155 Å². The van der Waals surface area contributed by atoms with Gasteiger partial charge in [-0.05, 0) is 30.2 Å². The molecule has 26 heavy (non-hydrogen) atoms. The van der Waals surface area contributed by atoms with Crippen LogP contribution in [0.3, 0.4) is 0 Å². The van der Waals surface area contributed by atoms with Gasteiger partial charge in [0.1, 0.15) is 0 Å². The van der Waals surface area contributed by atoms with Crippen molar-refractivity contribution >= 4 is 28.8 Å². The number of aromatic nitrogens is 1. The molecule has 1 heterocycles. The van der Waals surface area contributed by atoms with Crippen molar-refractivity contribution in [3.05, 3.63) is 70.0 Å². The van der Waals surface area contributed by atoms with Crippen molar-refractivity contribution in [3.8, 4) is 11.3 Å². The van der Waals surface area contributed by atoms with E-state index >= 15 is 0 Å². The molecule has 2 aromatic carbocycles. The second kappa shape index (κ2) is 7.93. The van der Waals surface area contributed by atoms with Gasteiger partial charge < -0.3 is 11.1 Å². The number of rotatable bonds is 6. The molecule has 6 heteroatoms. The summed E-state index contributed by atoms with van der Waals surface area (Å²) in [6, 6.07) is 15.0.